The molecule has 0 unspecified atom stereocenters. The smallest absolute Gasteiger partial charge is 0.241 e. The van der Waals surface area contributed by atoms with Crippen molar-refractivity contribution in [3.05, 3.63) is 29.8 Å². The largest absolute Gasteiger partial charge is 0.369 e. The van der Waals surface area contributed by atoms with Crippen LogP contribution in [0.2, 0.25) is 0 Å². The van der Waals surface area contributed by atoms with Crippen LogP contribution in [0.4, 0.5) is 5.69 Å². The number of nitrogens with two attached hydrogens (primary N) is 2. The van der Waals surface area contributed by atoms with E-state index in [1.165, 1.54) is 0 Å². The van der Waals surface area contributed by atoms with Crippen molar-refractivity contribution in [2.75, 3.05) is 17.3 Å². The van der Waals surface area contributed by atoms with Crippen LogP contribution in [-0.2, 0) is 16.0 Å². The maximum absolute atomic E-state index is 11.8. The molecule has 0 spiro atoms. The molecule has 0 saturated carbocycles. The summed E-state index contributed by atoms with van der Waals surface area (Å²) in [6.07, 6.45) is 2.82. The minimum Gasteiger partial charge on any atom is -0.369 e. The van der Waals surface area contributed by atoms with Gasteiger partial charge in [0.05, 0.1) is 12.5 Å². The van der Waals surface area contributed by atoms with E-state index in [4.69, 9.17) is 11.5 Å². The second-order valence-electron chi connectivity index (χ2n) is 4.22. The third-order valence-corrected chi connectivity index (χ3v) is 3.21. The fraction of sp³-hybridized carbons (Fsp3) is 0.385. The van der Waals surface area contributed by atoms with Crippen LogP contribution >= 0.6 is 11.8 Å². The monoisotopic (exact) mass is 281 g/mol. The molecule has 6 heteroatoms. The fourth-order valence-electron chi connectivity index (χ4n) is 1.52. The van der Waals surface area contributed by atoms with Crippen molar-refractivity contribution in [2.45, 2.75) is 18.9 Å². The summed E-state index contributed by atoms with van der Waals surface area (Å²) >= 11 is 1.66. The SMILES string of the molecule is CSCC[C@@H](N)C(=O)Nc1ccc(CC(N)=O)cc1. The fourth-order valence-corrected chi connectivity index (χ4v) is 2.01. The number of rotatable bonds is 7. The number of carbonyl (C=O) groups is 2. The van der Waals surface area contributed by atoms with E-state index in [0.29, 0.717) is 12.1 Å². The van der Waals surface area contributed by atoms with E-state index in [1.807, 2.05) is 6.26 Å². The van der Waals surface area contributed by atoms with Crippen molar-refractivity contribution >= 4 is 29.3 Å². The Hall–Kier alpha value is -1.53. The topological polar surface area (TPSA) is 98.2 Å². The maximum atomic E-state index is 11.8. The third-order valence-electron chi connectivity index (χ3n) is 2.57. The van der Waals surface area contributed by atoms with E-state index in [0.717, 1.165) is 11.3 Å². The van der Waals surface area contributed by atoms with Crippen molar-refractivity contribution in [3.63, 3.8) is 0 Å². The number of amides is 2. The average molecular weight is 281 g/mol. The van der Waals surface area contributed by atoms with E-state index in [9.17, 15) is 9.59 Å². The molecule has 0 aliphatic heterocycles. The number of carbonyl (C=O) groups excluding carboxylic acids is 2. The number of hydrogen-bond donors (Lipinski definition) is 3. The minimum absolute atomic E-state index is 0.196. The Balaban J connectivity index is 2.52. The summed E-state index contributed by atoms with van der Waals surface area (Å²) in [5, 5.41) is 2.74. The lowest BCUT2D eigenvalue weighted by Crippen LogP contribution is -2.36. The number of anilines is 1. The lowest BCUT2D eigenvalue weighted by atomic mass is 10.1. The molecule has 1 aromatic rings. The van der Waals surface area contributed by atoms with E-state index in [-0.39, 0.29) is 18.2 Å². The average Bonchev–Trinajstić information content (AvgIpc) is 2.37. The zero-order valence-corrected chi connectivity index (χ0v) is 11.7. The van der Waals surface area contributed by atoms with Gasteiger partial charge in [0.2, 0.25) is 11.8 Å². The van der Waals surface area contributed by atoms with Crippen LogP contribution in [0.15, 0.2) is 24.3 Å². The number of hydrogen-bond acceptors (Lipinski definition) is 4. The minimum atomic E-state index is -0.502. The molecular formula is C13H19N3O2S. The van der Waals surface area contributed by atoms with Gasteiger partial charge in [-0.25, -0.2) is 0 Å². The lowest BCUT2D eigenvalue weighted by molar-refractivity contribution is -0.118. The van der Waals surface area contributed by atoms with Crippen molar-refractivity contribution in [2.24, 2.45) is 11.5 Å². The zero-order valence-electron chi connectivity index (χ0n) is 10.9. The van der Waals surface area contributed by atoms with Gasteiger partial charge in [0, 0.05) is 5.69 Å². The molecular weight excluding hydrogens is 262 g/mol. The third kappa shape index (κ3) is 5.76. The first-order chi connectivity index (χ1) is 9.02. The van der Waals surface area contributed by atoms with E-state index in [2.05, 4.69) is 5.32 Å². The molecule has 2 amide bonds. The molecule has 0 saturated heterocycles. The second kappa shape index (κ2) is 7.81. The predicted molar refractivity (Wildman–Crippen MR) is 78.9 cm³/mol. The van der Waals surface area contributed by atoms with Gasteiger partial charge >= 0.3 is 0 Å². The first-order valence-corrected chi connectivity index (χ1v) is 7.35. The molecule has 104 valence electrons. The van der Waals surface area contributed by atoms with E-state index >= 15 is 0 Å². The van der Waals surface area contributed by atoms with Crippen LogP contribution in [0.25, 0.3) is 0 Å². The second-order valence-corrected chi connectivity index (χ2v) is 5.20. The van der Waals surface area contributed by atoms with Gasteiger partial charge in [-0.2, -0.15) is 11.8 Å². The highest BCUT2D eigenvalue weighted by Crippen LogP contribution is 2.11. The van der Waals surface area contributed by atoms with Crippen LogP contribution in [0.5, 0.6) is 0 Å². The highest BCUT2D eigenvalue weighted by molar-refractivity contribution is 7.98. The van der Waals surface area contributed by atoms with Gasteiger partial charge in [-0.3, -0.25) is 9.59 Å². The standard InChI is InChI=1S/C13H19N3O2S/c1-19-7-6-11(14)13(18)16-10-4-2-9(3-5-10)8-12(15)17/h2-5,11H,6-8,14H2,1H3,(H2,15,17)(H,16,18)/t11-/m1/s1. The summed E-state index contributed by atoms with van der Waals surface area (Å²) < 4.78 is 0. The molecule has 0 bridgehead atoms. The van der Waals surface area contributed by atoms with Crippen LogP contribution in [0.3, 0.4) is 0 Å². The van der Waals surface area contributed by atoms with Gasteiger partial charge in [0.1, 0.15) is 0 Å². The summed E-state index contributed by atoms with van der Waals surface area (Å²) in [7, 11) is 0. The van der Waals surface area contributed by atoms with Crippen molar-refractivity contribution in [3.8, 4) is 0 Å². The Labute approximate surface area is 117 Å². The summed E-state index contributed by atoms with van der Waals surface area (Å²) in [6, 6.07) is 6.48. The molecule has 19 heavy (non-hydrogen) atoms. The van der Waals surface area contributed by atoms with Gasteiger partial charge < -0.3 is 16.8 Å². The van der Waals surface area contributed by atoms with Gasteiger partial charge in [-0.05, 0) is 36.1 Å². The van der Waals surface area contributed by atoms with E-state index in [1.54, 1.807) is 36.0 Å². The van der Waals surface area contributed by atoms with Crippen LogP contribution < -0.4 is 16.8 Å². The number of primary amides is 1. The summed E-state index contributed by atoms with van der Waals surface area (Å²) in [6.45, 7) is 0. The Bertz CT molecular complexity index is 434. The molecule has 0 aliphatic carbocycles. The maximum Gasteiger partial charge on any atom is 0.241 e. The number of benzene rings is 1. The first kappa shape index (κ1) is 15.5. The highest BCUT2D eigenvalue weighted by atomic mass is 32.2. The summed E-state index contributed by atoms with van der Waals surface area (Å²) in [4.78, 5) is 22.5. The lowest BCUT2D eigenvalue weighted by Gasteiger charge is -2.11. The molecule has 5 nitrogen and oxygen atoms in total. The Morgan fingerprint density at radius 3 is 2.47 bits per heavy atom. The summed E-state index contributed by atoms with van der Waals surface area (Å²) in [5.41, 5.74) is 12.3. The summed E-state index contributed by atoms with van der Waals surface area (Å²) in [5.74, 6) is 0.277. The van der Waals surface area contributed by atoms with Crippen LogP contribution in [-0.4, -0.2) is 29.9 Å². The van der Waals surface area contributed by atoms with Crippen molar-refractivity contribution < 1.29 is 9.59 Å². The quantitative estimate of drug-likeness (QED) is 0.686. The number of thioether (sulfide) groups is 1. The molecule has 1 rings (SSSR count). The molecule has 1 atom stereocenters. The van der Waals surface area contributed by atoms with Crippen LogP contribution in [0.1, 0.15) is 12.0 Å². The van der Waals surface area contributed by atoms with Gasteiger partial charge in [0.25, 0.3) is 0 Å². The zero-order chi connectivity index (χ0) is 14.3. The first-order valence-electron chi connectivity index (χ1n) is 5.95. The molecule has 0 fully saturated rings. The molecule has 0 heterocycles. The normalized spacial score (nSPS) is 11.9. The van der Waals surface area contributed by atoms with Crippen molar-refractivity contribution in [1.29, 1.82) is 0 Å². The molecule has 0 aliphatic rings. The molecule has 5 N–H and O–H groups in total. The Morgan fingerprint density at radius 2 is 1.95 bits per heavy atom. The van der Waals surface area contributed by atoms with Crippen molar-refractivity contribution in [1.82, 2.24) is 0 Å². The highest BCUT2D eigenvalue weighted by Gasteiger charge is 2.12. The Morgan fingerprint density at radius 1 is 1.32 bits per heavy atom. The van der Waals surface area contributed by atoms with Crippen LogP contribution in [0, 0.1) is 0 Å². The van der Waals surface area contributed by atoms with Gasteiger partial charge in [-0.15, -0.1) is 0 Å². The van der Waals surface area contributed by atoms with E-state index < -0.39 is 6.04 Å². The molecule has 1 aromatic carbocycles. The number of nitrogens with one attached hydrogen (secondary N) is 1. The molecule has 0 radical (unpaired) electrons. The predicted octanol–water partition coefficient (Wildman–Crippen LogP) is 0.733. The Kier molecular flexibility index (Phi) is 6.38. The van der Waals surface area contributed by atoms with Gasteiger partial charge in [0.15, 0.2) is 0 Å². The molecule has 0 aromatic heterocycles. The van der Waals surface area contributed by atoms with Gasteiger partial charge in [-0.1, -0.05) is 12.1 Å².